The summed E-state index contributed by atoms with van der Waals surface area (Å²) < 4.78 is 30.9. The number of ether oxygens (including phenoxy) is 1. The third-order valence-electron chi connectivity index (χ3n) is 2.65. The zero-order valence-electron chi connectivity index (χ0n) is 9.59. The maximum atomic E-state index is 12.1. The summed E-state index contributed by atoms with van der Waals surface area (Å²) in [7, 11) is -1.92. The van der Waals surface area contributed by atoms with Gasteiger partial charge in [-0.2, -0.15) is 9.40 Å². The Labute approximate surface area is 100 Å². The molecule has 1 aliphatic heterocycles. The van der Waals surface area contributed by atoms with Gasteiger partial charge in [0.2, 0.25) is 10.0 Å². The van der Waals surface area contributed by atoms with E-state index in [1.807, 2.05) is 0 Å². The molecule has 1 atom stereocenters. The normalized spacial score (nSPS) is 21.9. The van der Waals surface area contributed by atoms with Gasteiger partial charge >= 0.3 is 0 Å². The van der Waals surface area contributed by atoms with Crippen LogP contribution in [0.25, 0.3) is 0 Å². The Morgan fingerprint density at radius 1 is 1.65 bits per heavy atom. The Morgan fingerprint density at radius 2 is 2.47 bits per heavy atom. The molecule has 0 bridgehead atoms. The van der Waals surface area contributed by atoms with Crippen molar-refractivity contribution in [2.45, 2.75) is 11.0 Å². The van der Waals surface area contributed by atoms with E-state index in [-0.39, 0.29) is 11.0 Å². The number of morpholine rings is 1. The van der Waals surface area contributed by atoms with Crippen molar-refractivity contribution < 1.29 is 13.2 Å². The number of hydrogen-bond donors (Lipinski definition) is 2. The lowest BCUT2D eigenvalue weighted by molar-refractivity contribution is 0.0206. The van der Waals surface area contributed by atoms with Crippen molar-refractivity contribution in [3.05, 3.63) is 12.4 Å². The summed E-state index contributed by atoms with van der Waals surface area (Å²) in [4.78, 5) is 0.170. The molecule has 1 unspecified atom stereocenters. The second-order valence-electron chi connectivity index (χ2n) is 3.92. The van der Waals surface area contributed by atoms with E-state index in [1.165, 1.54) is 16.7 Å². The minimum absolute atomic E-state index is 0.101. The second-order valence-corrected chi connectivity index (χ2v) is 5.96. The fraction of sp³-hybridized carbons (Fsp3) is 0.667. The highest BCUT2D eigenvalue weighted by Crippen LogP contribution is 2.13. The predicted molar refractivity (Wildman–Crippen MR) is 61.0 cm³/mol. The topological polar surface area (TPSA) is 87.3 Å². The van der Waals surface area contributed by atoms with Gasteiger partial charge in [-0.1, -0.05) is 0 Å². The van der Waals surface area contributed by atoms with Crippen LogP contribution in [-0.4, -0.2) is 62.3 Å². The van der Waals surface area contributed by atoms with Crippen molar-refractivity contribution in [2.75, 3.05) is 33.3 Å². The highest BCUT2D eigenvalue weighted by Gasteiger charge is 2.25. The Morgan fingerprint density at radius 3 is 3.06 bits per heavy atom. The third-order valence-corrected chi connectivity index (χ3v) is 4.44. The number of aromatic nitrogens is 2. The zero-order valence-corrected chi connectivity index (χ0v) is 10.4. The largest absolute Gasteiger partial charge is 0.374 e. The molecule has 17 heavy (non-hydrogen) atoms. The first-order chi connectivity index (χ1) is 8.10. The SMILES string of the molecule is CN(CC1CNCCO1)S(=O)(=O)c1cn[nH]c1. The first-order valence-electron chi connectivity index (χ1n) is 5.38. The van der Waals surface area contributed by atoms with Gasteiger partial charge in [0.1, 0.15) is 4.90 Å². The molecule has 0 aromatic carbocycles. The van der Waals surface area contributed by atoms with Gasteiger partial charge in [0.15, 0.2) is 0 Å². The number of rotatable bonds is 4. The van der Waals surface area contributed by atoms with E-state index in [2.05, 4.69) is 15.5 Å². The Kier molecular flexibility index (Phi) is 3.77. The number of H-pyrrole nitrogens is 1. The molecule has 2 N–H and O–H groups in total. The van der Waals surface area contributed by atoms with Crippen LogP contribution in [0.1, 0.15) is 0 Å². The van der Waals surface area contributed by atoms with Crippen molar-refractivity contribution in [1.29, 1.82) is 0 Å². The summed E-state index contributed by atoms with van der Waals surface area (Å²) >= 11 is 0. The third kappa shape index (κ3) is 2.83. The maximum absolute atomic E-state index is 12.1. The van der Waals surface area contributed by atoms with Gasteiger partial charge in [0.05, 0.1) is 18.9 Å². The van der Waals surface area contributed by atoms with Crippen molar-refractivity contribution >= 4 is 10.0 Å². The fourth-order valence-electron chi connectivity index (χ4n) is 1.68. The highest BCUT2D eigenvalue weighted by atomic mass is 32.2. The second kappa shape index (κ2) is 5.13. The van der Waals surface area contributed by atoms with E-state index in [0.717, 1.165) is 6.54 Å². The van der Waals surface area contributed by atoms with Crippen LogP contribution in [-0.2, 0) is 14.8 Å². The van der Waals surface area contributed by atoms with Crippen LogP contribution in [0.2, 0.25) is 0 Å². The number of nitrogens with zero attached hydrogens (tertiary/aromatic N) is 2. The van der Waals surface area contributed by atoms with Crippen LogP contribution in [0, 0.1) is 0 Å². The van der Waals surface area contributed by atoms with Crippen LogP contribution < -0.4 is 5.32 Å². The Hall–Kier alpha value is -0.960. The molecule has 7 nitrogen and oxygen atoms in total. The van der Waals surface area contributed by atoms with Crippen molar-refractivity contribution in [1.82, 2.24) is 19.8 Å². The summed E-state index contributed by atoms with van der Waals surface area (Å²) in [5, 5.41) is 9.30. The molecular weight excluding hydrogens is 244 g/mol. The highest BCUT2D eigenvalue weighted by molar-refractivity contribution is 7.89. The molecule has 0 saturated carbocycles. The van der Waals surface area contributed by atoms with Crippen LogP contribution in [0.3, 0.4) is 0 Å². The van der Waals surface area contributed by atoms with Gasteiger partial charge in [-0.3, -0.25) is 5.10 Å². The van der Waals surface area contributed by atoms with Crippen LogP contribution in [0.5, 0.6) is 0 Å². The van der Waals surface area contributed by atoms with Gasteiger partial charge < -0.3 is 10.1 Å². The molecule has 2 heterocycles. The van der Waals surface area contributed by atoms with Gasteiger partial charge in [0, 0.05) is 32.9 Å². The molecule has 2 rings (SSSR count). The lowest BCUT2D eigenvalue weighted by Gasteiger charge is -2.27. The average molecular weight is 260 g/mol. The molecule has 0 spiro atoms. The molecule has 1 aliphatic rings. The monoisotopic (exact) mass is 260 g/mol. The minimum atomic E-state index is -3.46. The van der Waals surface area contributed by atoms with Crippen molar-refractivity contribution in [3.63, 3.8) is 0 Å². The zero-order chi connectivity index (χ0) is 12.3. The van der Waals surface area contributed by atoms with Crippen LogP contribution >= 0.6 is 0 Å². The van der Waals surface area contributed by atoms with Gasteiger partial charge in [-0.25, -0.2) is 8.42 Å². The lowest BCUT2D eigenvalue weighted by Crippen LogP contribution is -2.45. The molecular formula is C9H16N4O3S. The molecule has 0 aliphatic carbocycles. The van der Waals surface area contributed by atoms with Crippen molar-refractivity contribution in [3.8, 4) is 0 Å². The van der Waals surface area contributed by atoms with Gasteiger partial charge in [0.25, 0.3) is 0 Å². The van der Waals surface area contributed by atoms with E-state index >= 15 is 0 Å². The molecule has 0 radical (unpaired) electrons. The first kappa shape index (κ1) is 12.5. The predicted octanol–water partition coefficient (Wildman–Crippen LogP) is -0.981. The van der Waals surface area contributed by atoms with Crippen LogP contribution in [0.4, 0.5) is 0 Å². The number of sulfonamides is 1. The summed E-state index contributed by atoms with van der Waals surface area (Å²) in [5.74, 6) is 0. The van der Waals surface area contributed by atoms with E-state index in [0.29, 0.717) is 19.7 Å². The average Bonchev–Trinajstić information content (AvgIpc) is 2.84. The van der Waals surface area contributed by atoms with Gasteiger partial charge in [-0.15, -0.1) is 0 Å². The molecule has 96 valence electrons. The maximum Gasteiger partial charge on any atom is 0.246 e. The number of nitrogens with one attached hydrogen (secondary N) is 2. The van der Waals surface area contributed by atoms with E-state index in [1.54, 1.807) is 7.05 Å². The molecule has 0 amide bonds. The minimum Gasteiger partial charge on any atom is -0.374 e. The standard InChI is InChI=1S/C9H16N4O3S/c1-13(7-8-4-10-2-3-16-8)17(14,15)9-5-11-12-6-9/h5-6,8,10H,2-4,7H2,1H3,(H,11,12). The lowest BCUT2D eigenvalue weighted by atomic mass is 10.3. The number of likely N-dealkylation sites (N-methyl/N-ethyl adjacent to an activating group) is 1. The van der Waals surface area contributed by atoms with E-state index in [9.17, 15) is 8.42 Å². The van der Waals surface area contributed by atoms with E-state index < -0.39 is 10.0 Å². The molecule has 1 saturated heterocycles. The smallest absolute Gasteiger partial charge is 0.246 e. The van der Waals surface area contributed by atoms with Gasteiger partial charge in [-0.05, 0) is 0 Å². The summed E-state index contributed by atoms with van der Waals surface area (Å²) in [6.07, 6.45) is 2.56. The van der Waals surface area contributed by atoms with Crippen molar-refractivity contribution in [2.24, 2.45) is 0 Å². The molecule has 1 fully saturated rings. The summed E-state index contributed by atoms with van der Waals surface area (Å²) in [6, 6.07) is 0. The first-order valence-corrected chi connectivity index (χ1v) is 6.82. The summed E-state index contributed by atoms with van der Waals surface area (Å²) in [6.45, 7) is 2.44. The van der Waals surface area contributed by atoms with E-state index in [4.69, 9.17) is 4.74 Å². The molecule has 1 aromatic rings. The fourth-order valence-corrected chi connectivity index (χ4v) is 2.79. The molecule has 8 heteroatoms. The Balaban J connectivity index is 2.01. The molecule has 1 aromatic heterocycles. The quantitative estimate of drug-likeness (QED) is 0.726. The van der Waals surface area contributed by atoms with Crippen LogP contribution in [0.15, 0.2) is 17.3 Å². The Bertz CT molecular complexity index is 439. The summed E-state index contributed by atoms with van der Waals surface area (Å²) in [5.41, 5.74) is 0. The number of hydrogen-bond acceptors (Lipinski definition) is 5. The number of aromatic amines is 1.